The van der Waals surface area contributed by atoms with Crippen molar-refractivity contribution in [2.24, 2.45) is 5.92 Å². The number of benzene rings is 2. The van der Waals surface area contributed by atoms with Gasteiger partial charge in [-0.3, -0.25) is 0 Å². The van der Waals surface area contributed by atoms with E-state index in [4.69, 9.17) is 9.16 Å². The summed E-state index contributed by atoms with van der Waals surface area (Å²) in [6.07, 6.45) is -1.38. The SMILES string of the molecule is CC(C)C(C)(C)[Si](C)(C)OC[C@H]([C@H](O)c1ccccc1)N(C)C(=O)OCc1ccccc1. The molecular formula is C26H39NO4Si. The Morgan fingerprint density at radius 1 is 1.03 bits per heavy atom. The summed E-state index contributed by atoms with van der Waals surface area (Å²) in [5, 5.41) is 11.2. The molecule has 0 aliphatic carbocycles. The lowest BCUT2D eigenvalue weighted by Crippen LogP contribution is -2.50. The number of likely N-dealkylation sites (N-methyl/N-ethyl adjacent to an activating group) is 1. The van der Waals surface area contributed by atoms with Crippen LogP contribution in [0.2, 0.25) is 18.1 Å². The van der Waals surface area contributed by atoms with Gasteiger partial charge in [0, 0.05) is 7.05 Å². The molecule has 1 amide bonds. The summed E-state index contributed by atoms with van der Waals surface area (Å²) in [4.78, 5) is 14.3. The Morgan fingerprint density at radius 2 is 1.56 bits per heavy atom. The molecule has 0 unspecified atom stereocenters. The summed E-state index contributed by atoms with van der Waals surface area (Å²) >= 11 is 0. The highest BCUT2D eigenvalue weighted by molar-refractivity contribution is 6.74. The van der Waals surface area contributed by atoms with E-state index in [1.807, 2.05) is 60.7 Å². The third-order valence-corrected chi connectivity index (χ3v) is 11.7. The smallest absolute Gasteiger partial charge is 0.410 e. The van der Waals surface area contributed by atoms with Crippen molar-refractivity contribution >= 4 is 14.4 Å². The number of rotatable bonds is 10. The highest BCUT2D eigenvalue weighted by Crippen LogP contribution is 2.44. The maximum atomic E-state index is 12.9. The fraction of sp³-hybridized carbons (Fsp3) is 0.500. The van der Waals surface area contributed by atoms with Crippen LogP contribution < -0.4 is 0 Å². The van der Waals surface area contributed by atoms with Crippen LogP contribution in [0.5, 0.6) is 0 Å². The fourth-order valence-corrected chi connectivity index (χ4v) is 5.77. The van der Waals surface area contributed by atoms with E-state index >= 15 is 0 Å². The number of carbonyl (C=O) groups is 1. The minimum absolute atomic E-state index is 0.0294. The van der Waals surface area contributed by atoms with Crippen LogP contribution in [-0.4, -0.2) is 44.1 Å². The average Bonchev–Trinajstić information content (AvgIpc) is 2.78. The molecule has 2 atom stereocenters. The third-order valence-electron chi connectivity index (χ3n) is 7.11. The molecule has 0 saturated carbocycles. The Kier molecular flexibility index (Phi) is 9.07. The molecule has 1 N–H and O–H groups in total. The molecule has 2 aromatic carbocycles. The number of amides is 1. The van der Waals surface area contributed by atoms with Gasteiger partial charge in [-0.15, -0.1) is 0 Å². The summed E-state index contributed by atoms with van der Waals surface area (Å²) in [5.41, 5.74) is 1.66. The van der Waals surface area contributed by atoms with Gasteiger partial charge in [-0.1, -0.05) is 88.4 Å². The fourth-order valence-electron chi connectivity index (χ4n) is 3.42. The van der Waals surface area contributed by atoms with Gasteiger partial charge in [0.05, 0.1) is 12.6 Å². The second-order valence-corrected chi connectivity index (χ2v) is 14.4. The lowest BCUT2D eigenvalue weighted by Gasteiger charge is -2.44. The zero-order chi connectivity index (χ0) is 23.9. The molecule has 2 aromatic rings. The summed E-state index contributed by atoms with van der Waals surface area (Å²) in [7, 11) is -0.483. The molecular weight excluding hydrogens is 418 g/mol. The minimum atomic E-state index is -2.15. The molecule has 0 aliphatic heterocycles. The zero-order valence-electron chi connectivity index (χ0n) is 20.5. The van der Waals surface area contributed by atoms with Crippen LogP contribution in [0.4, 0.5) is 4.79 Å². The Balaban J connectivity index is 2.19. The van der Waals surface area contributed by atoms with E-state index in [-0.39, 0.29) is 18.3 Å². The van der Waals surface area contributed by atoms with Gasteiger partial charge in [0.1, 0.15) is 12.7 Å². The maximum absolute atomic E-state index is 12.9. The maximum Gasteiger partial charge on any atom is 0.410 e. The van der Waals surface area contributed by atoms with E-state index in [9.17, 15) is 9.90 Å². The molecule has 6 heteroatoms. The number of nitrogens with zero attached hydrogens (tertiary/aromatic N) is 1. The average molecular weight is 458 g/mol. The third kappa shape index (κ3) is 6.44. The van der Waals surface area contributed by atoms with Gasteiger partial charge in [0.25, 0.3) is 0 Å². The van der Waals surface area contributed by atoms with Crippen molar-refractivity contribution in [3.63, 3.8) is 0 Å². The van der Waals surface area contributed by atoms with Crippen LogP contribution >= 0.6 is 0 Å². The highest BCUT2D eigenvalue weighted by atomic mass is 28.4. The van der Waals surface area contributed by atoms with Gasteiger partial charge in [-0.2, -0.15) is 0 Å². The molecule has 32 heavy (non-hydrogen) atoms. The second-order valence-electron chi connectivity index (χ2n) is 9.77. The van der Waals surface area contributed by atoms with E-state index in [1.54, 1.807) is 7.05 Å². The number of ether oxygens (including phenoxy) is 1. The summed E-state index contributed by atoms with van der Waals surface area (Å²) in [5.74, 6) is 0.454. The Labute approximate surface area is 194 Å². The van der Waals surface area contributed by atoms with Crippen molar-refractivity contribution < 1.29 is 19.1 Å². The summed E-state index contributed by atoms with van der Waals surface area (Å²) < 4.78 is 12.0. The predicted octanol–water partition coefficient (Wildman–Crippen LogP) is 6.02. The van der Waals surface area contributed by atoms with Crippen LogP contribution in [0.25, 0.3) is 0 Å². The van der Waals surface area contributed by atoms with Crippen LogP contribution in [0.3, 0.4) is 0 Å². The molecule has 0 fully saturated rings. The van der Waals surface area contributed by atoms with Crippen molar-refractivity contribution in [3.8, 4) is 0 Å². The van der Waals surface area contributed by atoms with Gasteiger partial charge in [0.15, 0.2) is 8.32 Å². The first-order chi connectivity index (χ1) is 15.0. The largest absolute Gasteiger partial charge is 0.445 e. The highest BCUT2D eigenvalue weighted by Gasteiger charge is 2.44. The van der Waals surface area contributed by atoms with Gasteiger partial charge in [-0.05, 0) is 35.2 Å². The second kappa shape index (κ2) is 11.1. The molecule has 0 heterocycles. The van der Waals surface area contributed by atoms with Crippen LogP contribution in [-0.2, 0) is 15.8 Å². The first kappa shape index (κ1) is 26.1. The van der Waals surface area contributed by atoms with Crippen molar-refractivity contribution in [2.45, 2.75) is 64.6 Å². The number of carbonyl (C=O) groups excluding carboxylic acids is 1. The van der Waals surface area contributed by atoms with E-state index in [0.717, 1.165) is 11.1 Å². The molecule has 2 rings (SSSR count). The topological polar surface area (TPSA) is 59.0 Å². The quantitative estimate of drug-likeness (QED) is 0.444. The Morgan fingerprint density at radius 3 is 2.09 bits per heavy atom. The number of hydrogen-bond acceptors (Lipinski definition) is 4. The number of aliphatic hydroxyl groups is 1. The Hall–Kier alpha value is -2.15. The van der Waals surface area contributed by atoms with Gasteiger partial charge < -0.3 is 19.2 Å². The van der Waals surface area contributed by atoms with Crippen LogP contribution in [0.15, 0.2) is 60.7 Å². The molecule has 0 aromatic heterocycles. The molecule has 176 valence electrons. The van der Waals surface area contributed by atoms with Gasteiger partial charge in [0.2, 0.25) is 0 Å². The normalized spacial score (nSPS) is 14.2. The van der Waals surface area contributed by atoms with Crippen molar-refractivity contribution in [1.82, 2.24) is 4.90 Å². The molecule has 0 bridgehead atoms. The zero-order valence-corrected chi connectivity index (χ0v) is 21.5. The summed E-state index contributed by atoms with van der Waals surface area (Å²) in [6.45, 7) is 13.7. The lowest BCUT2D eigenvalue weighted by atomic mass is 9.99. The molecule has 5 nitrogen and oxygen atoms in total. The van der Waals surface area contributed by atoms with E-state index < -0.39 is 26.6 Å². The number of hydrogen-bond donors (Lipinski definition) is 1. The molecule has 0 radical (unpaired) electrons. The Bertz CT molecular complexity index is 839. The van der Waals surface area contributed by atoms with E-state index in [1.165, 1.54) is 4.90 Å². The monoisotopic (exact) mass is 457 g/mol. The first-order valence-electron chi connectivity index (χ1n) is 11.3. The lowest BCUT2D eigenvalue weighted by molar-refractivity contribution is 0.0190. The molecule has 0 spiro atoms. The van der Waals surface area contributed by atoms with Gasteiger partial charge in [-0.25, -0.2) is 4.79 Å². The first-order valence-corrected chi connectivity index (χ1v) is 14.2. The van der Waals surface area contributed by atoms with Crippen molar-refractivity contribution in [2.75, 3.05) is 13.7 Å². The summed E-state index contributed by atoms with van der Waals surface area (Å²) in [6, 6.07) is 18.4. The van der Waals surface area contributed by atoms with Crippen LogP contribution in [0.1, 0.15) is 44.9 Å². The minimum Gasteiger partial charge on any atom is -0.445 e. The molecule has 0 saturated heterocycles. The number of aliphatic hydroxyl groups excluding tert-OH is 1. The standard InChI is InChI=1S/C26H39NO4Si/c1-20(2)26(3,4)32(6,7)31-19-23(24(28)22-16-12-9-13-17-22)27(5)25(29)30-18-21-14-10-8-11-15-21/h8-17,20,23-24,28H,18-19H2,1-7H3/t23-,24-/m1/s1. The predicted molar refractivity (Wildman–Crippen MR) is 132 cm³/mol. The van der Waals surface area contributed by atoms with Crippen molar-refractivity contribution in [3.05, 3.63) is 71.8 Å². The molecule has 0 aliphatic rings. The van der Waals surface area contributed by atoms with E-state index in [0.29, 0.717) is 5.92 Å². The van der Waals surface area contributed by atoms with Gasteiger partial charge >= 0.3 is 6.09 Å². The van der Waals surface area contributed by atoms with Crippen molar-refractivity contribution in [1.29, 1.82) is 0 Å². The van der Waals surface area contributed by atoms with E-state index in [2.05, 4.69) is 40.8 Å². The van der Waals surface area contributed by atoms with Crippen LogP contribution in [0, 0.1) is 5.92 Å².